The van der Waals surface area contributed by atoms with Gasteiger partial charge in [-0.25, -0.2) is 4.79 Å². The maximum atomic E-state index is 11.6. The third-order valence-corrected chi connectivity index (χ3v) is 2.47. The second kappa shape index (κ2) is 6.86. The van der Waals surface area contributed by atoms with Gasteiger partial charge in [-0.2, -0.15) is 0 Å². The van der Waals surface area contributed by atoms with Crippen LogP contribution in [0.25, 0.3) is 0 Å². The average Bonchev–Trinajstić information content (AvgIpc) is 2.36. The molecule has 3 N–H and O–H groups in total. The number of carbonyl (C=O) groups excluding carboxylic acids is 2. The van der Waals surface area contributed by atoms with Crippen molar-refractivity contribution in [2.24, 2.45) is 0 Å². The van der Waals surface area contributed by atoms with Crippen LogP contribution in [-0.2, 0) is 9.53 Å². The van der Waals surface area contributed by atoms with Crippen molar-refractivity contribution in [2.75, 3.05) is 18.9 Å². The maximum absolute atomic E-state index is 11.6. The lowest BCUT2D eigenvalue weighted by Gasteiger charge is -2.06. The summed E-state index contributed by atoms with van der Waals surface area (Å²) in [5.41, 5.74) is 6.16. The maximum Gasteiger partial charge on any atom is 0.338 e. The minimum Gasteiger partial charge on any atom is -0.452 e. The van der Waals surface area contributed by atoms with E-state index < -0.39 is 5.97 Å². The highest BCUT2D eigenvalue weighted by Gasteiger charge is 2.11. The minimum absolute atomic E-state index is 0.262. The van der Waals surface area contributed by atoms with Crippen LogP contribution >= 0.6 is 11.6 Å². The van der Waals surface area contributed by atoms with E-state index >= 15 is 0 Å². The number of nitrogens with one attached hydrogen (secondary N) is 1. The molecule has 0 aromatic heterocycles. The third kappa shape index (κ3) is 4.25. The number of carbonyl (C=O) groups is 2. The largest absolute Gasteiger partial charge is 0.452 e. The SMILES string of the molecule is CCCNC(=O)COC(=O)c1ccc(N)c(Cl)c1. The van der Waals surface area contributed by atoms with Gasteiger partial charge in [0.15, 0.2) is 6.61 Å². The first-order chi connectivity index (χ1) is 8.54. The lowest BCUT2D eigenvalue weighted by Crippen LogP contribution is -2.29. The van der Waals surface area contributed by atoms with E-state index in [9.17, 15) is 9.59 Å². The molecule has 0 heterocycles. The van der Waals surface area contributed by atoms with Gasteiger partial charge in [0.2, 0.25) is 0 Å². The molecule has 0 saturated carbocycles. The quantitative estimate of drug-likeness (QED) is 0.629. The molecule has 1 rings (SSSR count). The Balaban J connectivity index is 2.50. The topological polar surface area (TPSA) is 81.4 Å². The van der Waals surface area contributed by atoms with E-state index in [1.165, 1.54) is 18.2 Å². The number of halogens is 1. The molecule has 0 fully saturated rings. The summed E-state index contributed by atoms with van der Waals surface area (Å²) in [4.78, 5) is 22.8. The van der Waals surface area contributed by atoms with Crippen LogP contribution in [0, 0.1) is 0 Å². The van der Waals surface area contributed by atoms with E-state index in [0.717, 1.165) is 6.42 Å². The fourth-order valence-electron chi connectivity index (χ4n) is 1.18. The summed E-state index contributed by atoms with van der Waals surface area (Å²) in [5.74, 6) is -0.935. The van der Waals surface area contributed by atoms with Crippen molar-refractivity contribution in [1.82, 2.24) is 5.32 Å². The molecule has 0 saturated heterocycles. The van der Waals surface area contributed by atoms with E-state index in [2.05, 4.69) is 5.32 Å². The Kier molecular flexibility index (Phi) is 5.45. The molecule has 0 bridgehead atoms. The fourth-order valence-corrected chi connectivity index (χ4v) is 1.36. The van der Waals surface area contributed by atoms with Crippen LogP contribution in [0.1, 0.15) is 23.7 Å². The Hall–Kier alpha value is -1.75. The number of hydrogen-bond acceptors (Lipinski definition) is 4. The molecular formula is C12H15ClN2O3. The molecule has 5 nitrogen and oxygen atoms in total. The summed E-state index contributed by atoms with van der Waals surface area (Å²) in [6, 6.07) is 4.41. The molecule has 0 spiro atoms. The predicted octanol–water partition coefficient (Wildman–Crippen LogP) is 1.61. The highest BCUT2D eigenvalue weighted by atomic mass is 35.5. The number of esters is 1. The van der Waals surface area contributed by atoms with Crippen LogP contribution in [-0.4, -0.2) is 25.0 Å². The number of rotatable bonds is 5. The van der Waals surface area contributed by atoms with E-state index in [1.54, 1.807) is 0 Å². The molecule has 6 heteroatoms. The Labute approximate surface area is 110 Å². The predicted molar refractivity (Wildman–Crippen MR) is 69.4 cm³/mol. The molecule has 98 valence electrons. The van der Waals surface area contributed by atoms with E-state index in [-0.39, 0.29) is 23.1 Å². The van der Waals surface area contributed by atoms with Gasteiger partial charge < -0.3 is 15.8 Å². The van der Waals surface area contributed by atoms with Crippen LogP contribution in [0.15, 0.2) is 18.2 Å². The fraction of sp³-hybridized carbons (Fsp3) is 0.333. The molecular weight excluding hydrogens is 256 g/mol. The Morgan fingerprint density at radius 3 is 2.78 bits per heavy atom. The highest BCUT2D eigenvalue weighted by Crippen LogP contribution is 2.19. The van der Waals surface area contributed by atoms with Crippen molar-refractivity contribution >= 4 is 29.2 Å². The minimum atomic E-state index is -0.608. The summed E-state index contributed by atoms with van der Waals surface area (Å²) in [6.07, 6.45) is 0.827. The third-order valence-electron chi connectivity index (χ3n) is 2.14. The van der Waals surface area contributed by atoms with E-state index in [0.29, 0.717) is 12.2 Å². The van der Waals surface area contributed by atoms with Crippen molar-refractivity contribution in [3.8, 4) is 0 Å². The van der Waals surface area contributed by atoms with Crippen LogP contribution in [0.4, 0.5) is 5.69 Å². The van der Waals surface area contributed by atoms with Gasteiger partial charge in [0.1, 0.15) is 0 Å². The molecule has 0 unspecified atom stereocenters. The van der Waals surface area contributed by atoms with Gasteiger partial charge in [0, 0.05) is 6.54 Å². The number of benzene rings is 1. The molecule has 0 aliphatic carbocycles. The normalized spacial score (nSPS) is 9.89. The summed E-state index contributed by atoms with van der Waals surface area (Å²) in [6.45, 7) is 2.19. The van der Waals surface area contributed by atoms with Gasteiger partial charge >= 0.3 is 5.97 Å². The Morgan fingerprint density at radius 2 is 2.17 bits per heavy atom. The van der Waals surface area contributed by atoms with Crippen LogP contribution in [0.3, 0.4) is 0 Å². The monoisotopic (exact) mass is 270 g/mol. The first kappa shape index (κ1) is 14.3. The van der Waals surface area contributed by atoms with Crippen molar-refractivity contribution in [3.63, 3.8) is 0 Å². The number of ether oxygens (including phenoxy) is 1. The lowest BCUT2D eigenvalue weighted by atomic mass is 10.2. The molecule has 0 aliphatic heterocycles. The van der Waals surface area contributed by atoms with Gasteiger partial charge in [0.25, 0.3) is 5.91 Å². The first-order valence-electron chi connectivity index (χ1n) is 5.53. The van der Waals surface area contributed by atoms with Gasteiger partial charge in [-0.15, -0.1) is 0 Å². The van der Waals surface area contributed by atoms with Gasteiger partial charge in [-0.05, 0) is 24.6 Å². The van der Waals surface area contributed by atoms with Gasteiger partial charge in [-0.3, -0.25) is 4.79 Å². The number of amides is 1. The Bertz CT molecular complexity index is 449. The standard InChI is InChI=1S/C12H15ClN2O3/c1-2-5-15-11(16)7-18-12(17)8-3-4-10(14)9(13)6-8/h3-4,6H,2,5,7,14H2,1H3,(H,15,16). The summed E-state index contributed by atoms with van der Waals surface area (Å²) < 4.78 is 4.83. The summed E-state index contributed by atoms with van der Waals surface area (Å²) in [5, 5.41) is 2.88. The van der Waals surface area contributed by atoms with Crippen LogP contribution in [0.5, 0.6) is 0 Å². The average molecular weight is 271 g/mol. The highest BCUT2D eigenvalue weighted by molar-refractivity contribution is 6.33. The molecule has 1 aromatic rings. The van der Waals surface area contributed by atoms with Crippen molar-refractivity contribution in [3.05, 3.63) is 28.8 Å². The van der Waals surface area contributed by atoms with Crippen LogP contribution in [0.2, 0.25) is 5.02 Å². The molecule has 0 radical (unpaired) electrons. The number of hydrogen-bond donors (Lipinski definition) is 2. The second-order valence-electron chi connectivity index (χ2n) is 3.66. The summed E-state index contributed by atoms with van der Waals surface area (Å²) >= 11 is 5.78. The zero-order valence-corrected chi connectivity index (χ0v) is 10.8. The molecule has 1 amide bonds. The summed E-state index contributed by atoms with van der Waals surface area (Å²) in [7, 11) is 0. The van der Waals surface area contributed by atoms with Crippen molar-refractivity contribution in [2.45, 2.75) is 13.3 Å². The molecule has 0 atom stereocenters. The number of nitrogen functional groups attached to an aromatic ring is 1. The second-order valence-corrected chi connectivity index (χ2v) is 4.07. The molecule has 1 aromatic carbocycles. The van der Waals surface area contributed by atoms with Gasteiger partial charge in [0.05, 0.1) is 16.3 Å². The number of anilines is 1. The smallest absolute Gasteiger partial charge is 0.338 e. The lowest BCUT2D eigenvalue weighted by molar-refractivity contribution is -0.124. The first-order valence-corrected chi connectivity index (χ1v) is 5.91. The molecule has 0 aliphatic rings. The zero-order valence-electron chi connectivity index (χ0n) is 10.0. The Morgan fingerprint density at radius 1 is 1.44 bits per heavy atom. The van der Waals surface area contributed by atoms with E-state index in [1.807, 2.05) is 6.92 Å². The van der Waals surface area contributed by atoms with E-state index in [4.69, 9.17) is 22.1 Å². The zero-order chi connectivity index (χ0) is 13.5. The van der Waals surface area contributed by atoms with Gasteiger partial charge in [-0.1, -0.05) is 18.5 Å². The van der Waals surface area contributed by atoms with Crippen molar-refractivity contribution in [1.29, 1.82) is 0 Å². The molecule has 18 heavy (non-hydrogen) atoms. The van der Waals surface area contributed by atoms with Crippen LogP contribution < -0.4 is 11.1 Å². The number of nitrogens with two attached hydrogens (primary N) is 1. The van der Waals surface area contributed by atoms with Crippen molar-refractivity contribution < 1.29 is 14.3 Å².